The molecule has 1 unspecified atom stereocenters. The number of hydrogen-bond donors (Lipinski definition) is 0. The van der Waals surface area contributed by atoms with Crippen LogP contribution in [-0.2, 0) is 4.74 Å². The maximum atomic E-state index is 12.6. The summed E-state index contributed by atoms with van der Waals surface area (Å²) in [6.07, 6.45) is 11.2. The number of benzene rings is 3. The molecule has 0 radical (unpaired) electrons. The van der Waals surface area contributed by atoms with Gasteiger partial charge in [0.1, 0.15) is 11.5 Å². The van der Waals surface area contributed by atoms with Crippen molar-refractivity contribution in [3.63, 3.8) is 0 Å². The Morgan fingerprint density at radius 3 is 1.73 bits per heavy atom. The third kappa shape index (κ3) is 10.5. The van der Waals surface area contributed by atoms with Crippen LogP contribution in [0.15, 0.2) is 72.8 Å². The molecule has 0 aliphatic heterocycles. The second-order valence-electron chi connectivity index (χ2n) is 10.5. The average Bonchev–Trinajstić information content (AvgIpc) is 2.99. The fourth-order valence-corrected chi connectivity index (χ4v) is 4.21. The van der Waals surface area contributed by atoms with E-state index in [4.69, 9.17) is 14.2 Å². The van der Waals surface area contributed by atoms with Gasteiger partial charge in [0.05, 0.1) is 24.3 Å². The molecule has 0 amide bonds. The van der Waals surface area contributed by atoms with E-state index >= 15 is 0 Å². The molecule has 0 saturated carbocycles. The molecule has 214 valence electrons. The van der Waals surface area contributed by atoms with Gasteiger partial charge >= 0.3 is 11.9 Å². The molecule has 40 heavy (non-hydrogen) atoms. The van der Waals surface area contributed by atoms with E-state index in [-0.39, 0.29) is 5.97 Å². The minimum atomic E-state index is -0.455. The third-order valence-corrected chi connectivity index (χ3v) is 7.07. The molecule has 3 aromatic carbocycles. The fraction of sp³-hybridized carbons (Fsp3) is 0.429. The largest absolute Gasteiger partial charge is 0.494 e. The first kappa shape index (κ1) is 30.9. The minimum absolute atomic E-state index is 0.318. The molecule has 0 spiro atoms. The van der Waals surface area contributed by atoms with Gasteiger partial charge in [-0.3, -0.25) is 0 Å². The molecule has 1 atom stereocenters. The van der Waals surface area contributed by atoms with Gasteiger partial charge in [-0.2, -0.15) is 0 Å². The first-order valence-corrected chi connectivity index (χ1v) is 14.8. The Kier molecular flexibility index (Phi) is 13.3. The summed E-state index contributed by atoms with van der Waals surface area (Å²) in [6, 6.07) is 21.8. The molecular formula is C35H44O5. The lowest BCUT2D eigenvalue weighted by molar-refractivity contribution is 0.0447. The van der Waals surface area contributed by atoms with Crippen LogP contribution in [0.1, 0.15) is 99.3 Å². The summed E-state index contributed by atoms with van der Waals surface area (Å²) in [5.74, 6) is 0.732. The van der Waals surface area contributed by atoms with Crippen LogP contribution in [0, 0.1) is 5.92 Å². The van der Waals surface area contributed by atoms with Crippen LogP contribution in [0.5, 0.6) is 11.5 Å². The molecule has 0 aliphatic rings. The zero-order valence-corrected chi connectivity index (χ0v) is 24.3. The predicted molar refractivity (Wildman–Crippen MR) is 161 cm³/mol. The van der Waals surface area contributed by atoms with Crippen molar-refractivity contribution < 1.29 is 23.8 Å². The number of esters is 2. The second kappa shape index (κ2) is 17.2. The van der Waals surface area contributed by atoms with Crippen molar-refractivity contribution in [3.05, 3.63) is 83.9 Å². The summed E-state index contributed by atoms with van der Waals surface area (Å²) in [5, 5.41) is 0. The monoisotopic (exact) mass is 544 g/mol. The summed E-state index contributed by atoms with van der Waals surface area (Å²) < 4.78 is 16.7. The maximum Gasteiger partial charge on any atom is 0.343 e. The molecule has 0 bridgehead atoms. The topological polar surface area (TPSA) is 61.8 Å². The summed E-state index contributed by atoms with van der Waals surface area (Å²) >= 11 is 0. The lowest BCUT2D eigenvalue weighted by atomic mass is 10.0. The zero-order valence-electron chi connectivity index (χ0n) is 24.3. The van der Waals surface area contributed by atoms with Crippen molar-refractivity contribution in [2.75, 3.05) is 13.2 Å². The molecule has 3 rings (SSSR count). The Hall–Kier alpha value is -3.60. The molecule has 3 aromatic rings. The predicted octanol–water partition coefficient (Wildman–Crippen LogP) is 9.30. The molecule has 0 aromatic heterocycles. The van der Waals surface area contributed by atoms with Gasteiger partial charge in [0.15, 0.2) is 0 Å². The van der Waals surface area contributed by atoms with Gasteiger partial charge in [-0.1, -0.05) is 96.4 Å². The molecule has 0 fully saturated rings. The van der Waals surface area contributed by atoms with E-state index in [1.165, 1.54) is 44.9 Å². The number of unbranched alkanes of at least 4 members (excludes halogenated alkanes) is 7. The fourth-order valence-electron chi connectivity index (χ4n) is 4.21. The van der Waals surface area contributed by atoms with Crippen molar-refractivity contribution in [3.8, 4) is 22.6 Å². The number of rotatable bonds is 17. The van der Waals surface area contributed by atoms with Gasteiger partial charge < -0.3 is 14.2 Å². The highest BCUT2D eigenvalue weighted by Crippen LogP contribution is 2.24. The summed E-state index contributed by atoms with van der Waals surface area (Å²) in [5.41, 5.74) is 2.93. The molecule has 5 nitrogen and oxygen atoms in total. The van der Waals surface area contributed by atoms with Gasteiger partial charge in [-0.25, -0.2) is 9.59 Å². The van der Waals surface area contributed by atoms with E-state index in [9.17, 15) is 9.59 Å². The van der Waals surface area contributed by atoms with Gasteiger partial charge in [-0.15, -0.1) is 0 Å². The summed E-state index contributed by atoms with van der Waals surface area (Å²) in [7, 11) is 0. The highest BCUT2D eigenvalue weighted by Gasteiger charge is 2.12. The van der Waals surface area contributed by atoms with Gasteiger partial charge in [0.2, 0.25) is 0 Å². The van der Waals surface area contributed by atoms with Crippen molar-refractivity contribution in [2.45, 2.75) is 78.6 Å². The SMILES string of the molecule is CCCCCCCCCCOc1ccc(-c2ccc(C(=O)Oc3ccc(C(=O)OCC(C)CC)cc3)cc2)cc1. The van der Waals surface area contributed by atoms with Crippen LogP contribution in [0.4, 0.5) is 0 Å². The average molecular weight is 545 g/mol. The normalized spacial score (nSPS) is 11.6. The Morgan fingerprint density at radius 1 is 0.625 bits per heavy atom. The maximum absolute atomic E-state index is 12.6. The number of carbonyl (C=O) groups is 2. The first-order valence-electron chi connectivity index (χ1n) is 14.8. The molecule has 0 heterocycles. The van der Waals surface area contributed by atoms with Crippen LogP contribution < -0.4 is 9.47 Å². The molecule has 0 saturated heterocycles. The number of hydrogen-bond acceptors (Lipinski definition) is 5. The van der Waals surface area contributed by atoms with Crippen LogP contribution in [0.2, 0.25) is 0 Å². The highest BCUT2D eigenvalue weighted by atomic mass is 16.5. The van der Waals surface area contributed by atoms with E-state index in [1.807, 2.05) is 43.3 Å². The van der Waals surface area contributed by atoms with Crippen molar-refractivity contribution in [1.82, 2.24) is 0 Å². The Labute approximate surface area is 239 Å². The Balaban J connectivity index is 1.42. The third-order valence-electron chi connectivity index (χ3n) is 7.07. The van der Waals surface area contributed by atoms with E-state index in [0.29, 0.717) is 29.4 Å². The van der Waals surface area contributed by atoms with E-state index < -0.39 is 5.97 Å². The lowest BCUT2D eigenvalue weighted by Crippen LogP contribution is -2.12. The molecule has 0 aliphatic carbocycles. The number of carbonyl (C=O) groups excluding carboxylic acids is 2. The lowest BCUT2D eigenvalue weighted by Gasteiger charge is -2.10. The second-order valence-corrected chi connectivity index (χ2v) is 10.5. The summed E-state index contributed by atoms with van der Waals surface area (Å²) in [6.45, 7) is 7.48. The molecule has 0 N–H and O–H groups in total. The molecular weight excluding hydrogens is 500 g/mol. The van der Waals surface area contributed by atoms with Gasteiger partial charge in [0.25, 0.3) is 0 Å². The van der Waals surface area contributed by atoms with Gasteiger partial charge in [-0.05, 0) is 72.0 Å². The minimum Gasteiger partial charge on any atom is -0.494 e. The van der Waals surface area contributed by atoms with E-state index in [0.717, 1.165) is 36.3 Å². The summed E-state index contributed by atoms with van der Waals surface area (Å²) in [4.78, 5) is 24.8. The Bertz CT molecular complexity index is 1150. The highest BCUT2D eigenvalue weighted by molar-refractivity contribution is 5.92. The van der Waals surface area contributed by atoms with E-state index in [2.05, 4.69) is 13.8 Å². The van der Waals surface area contributed by atoms with Gasteiger partial charge in [0, 0.05) is 0 Å². The zero-order chi connectivity index (χ0) is 28.6. The molecule has 5 heteroatoms. The van der Waals surface area contributed by atoms with Crippen LogP contribution in [-0.4, -0.2) is 25.2 Å². The van der Waals surface area contributed by atoms with Crippen molar-refractivity contribution >= 4 is 11.9 Å². The van der Waals surface area contributed by atoms with Crippen LogP contribution >= 0.6 is 0 Å². The van der Waals surface area contributed by atoms with Crippen LogP contribution in [0.3, 0.4) is 0 Å². The number of ether oxygens (including phenoxy) is 3. The van der Waals surface area contributed by atoms with E-state index in [1.54, 1.807) is 36.4 Å². The van der Waals surface area contributed by atoms with Crippen molar-refractivity contribution in [2.24, 2.45) is 5.92 Å². The quantitative estimate of drug-likeness (QED) is 0.0962. The first-order chi connectivity index (χ1) is 19.5. The van der Waals surface area contributed by atoms with Crippen LogP contribution in [0.25, 0.3) is 11.1 Å². The smallest absolute Gasteiger partial charge is 0.343 e. The Morgan fingerprint density at radius 2 is 1.12 bits per heavy atom. The standard InChI is InChI=1S/C35H44O5/c1-4-6-7-8-9-10-11-12-25-38-32-21-17-29(18-22-32)28-13-15-31(16-14-28)35(37)40-33-23-19-30(20-24-33)34(36)39-26-27(3)5-2/h13-24,27H,4-12,25-26H2,1-3H3. The van der Waals surface area contributed by atoms with Crippen molar-refractivity contribution in [1.29, 1.82) is 0 Å².